The summed E-state index contributed by atoms with van der Waals surface area (Å²) in [6.07, 6.45) is -3.42. The number of aliphatic hydroxyl groups is 2. The number of carbonyl (C=O) groups is 2. The minimum absolute atomic E-state index is 0.00677. The van der Waals surface area contributed by atoms with Gasteiger partial charge in [-0.05, 0) is 35.7 Å². The molecular weight excluding hydrogens is 374 g/mol. The lowest BCUT2D eigenvalue weighted by Gasteiger charge is -2.20. The van der Waals surface area contributed by atoms with Crippen molar-refractivity contribution >= 4 is 23.7 Å². The summed E-state index contributed by atoms with van der Waals surface area (Å²) in [6.45, 7) is 0.150. The minimum Gasteiger partial charge on any atom is -0.478 e. The number of rotatable bonds is 8. The molecule has 0 spiro atoms. The summed E-state index contributed by atoms with van der Waals surface area (Å²) in [6, 6.07) is 13.1. The molecule has 0 radical (unpaired) electrons. The highest BCUT2D eigenvalue weighted by atomic mass is 35.5. The average molecular weight is 394 g/mol. The molecule has 144 valence electrons. The molecule has 2 unspecified atom stereocenters. The fraction of sp³-hybridized carbons (Fsp3) is 0.263. The number of alkyl carbamates (subject to hydrolysis) is 1. The van der Waals surface area contributed by atoms with E-state index in [2.05, 4.69) is 5.32 Å². The maximum atomic E-state index is 11.7. The molecule has 7 nitrogen and oxygen atoms in total. The monoisotopic (exact) mass is 393 g/mol. The lowest BCUT2D eigenvalue weighted by Crippen LogP contribution is -2.30. The predicted molar refractivity (Wildman–Crippen MR) is 98.6 cm³/mol. The standard InChI is InChI=1S/C19H20ClNO6/c20-13-6-7-14(18(24)25)15(10-13)17(23)16(22)8-9-21-19(26)27-11-12-4-2-1-3-5-12/h1-7,10,16-17,22-23H,8-9,11H2,(H,21,26)(H,24,25). The van der Waals surface area contributed by atoms with Crippen molar-refractivity contribution in [3.8, 4) is 0 Å². The van der Waals surface area contributed by atoms with Crippen LogP contribution in [0.2, 0.25) is 5.02 Å². The Bertz CT molecular complexity index is 783. The van der Waals surface area contributed by atoms with Crippen molar-refractivity contribution in [3.63, 3.8) is 0 Å². The second kappa shape index (κ2) is 9.91. The summed E-state index contributed by atoms with van der Waals surface area (Å²) >= 11 is 5.84. The van der Waals surface area contributed by atoms with Gasteiger partial charge in [0.2, 0.25) is 0 Å². The molecule has 27 heavy (non-hydrogen) atoms. The predicted octanol–water partition coefficient (Wildman–Crippen LogP) is 2.75. The summed E-state index contributed by atoms with van der Waals surface area (Å²) in [5.41, 5.74) is 0.695. The van der Waals surface area contributed by atoms with Crippen molar-refractivity contribution in [2.45, 2.75) is 25.2 Å². The fourth-order valence-corrected chi connectivity index (χ4v) is 2.61. The van der Waals surface area contributed by atoms with Crippen LogP contribution in [0.1, 0.15) is 34.0 Å². The highest BCUT2D eigenvalue weighted by Crippen LogP contribution is 2.26. The summed E-state index contributed by atoms with van der Waals surface area (Å²) < 4.78 is 5.03. The Balaban J connectivity index is 1.83. The van der Waals surface area contributed by atoms with Gasteiger partial charge in [0.05, 0.1) is 11.7 Å². The number of hydrogen-bond donors (Lipinski definition) is 4. The van der Waals surface area contributed by atoms with Crippen molar-refractivity contribution in [2.75, 3.05) is 6.54 Å². The number of aliphatic hydroxyl groups excluding tert-OH is 2. The van der Waals surface area contributed by atoms with E-state index in [1.54, 1.807) is 0 Å². The molecule has 0 aliphatic carbocycles. The van der Waals surface area contributed by atoms with Gasteiger partial charge in [0.1, 0.15) is 12.7 Å². The number of carbonyl (C=O) groups excluding carboxylic acids is 1. The smallest absolute Gasteiger partial charge is 0.407 e. The number of nitrogens with one attached hydrogen (secondary N) is 1. The van der Waals surface area contributed by atoms with E-state index in [9.17, 15) is 24.9 Å². The molecule has 0 saturated heterocycles. The first kappa shape index (κ1) is 20.7. The third kappa shape index (κ3) is 6.25. The van der Waals surface area contributed by atoms with E-state index in [1.165, 1.54) is 18.2 Å². The van der Waals surface area contributed by atoms with Crippen molar-refractivity contribution < 1.29 is 29.6 Å². The lowest BCUT2D eigenvalue weighted by molar-refractivity contribution is 0.0127. The maximum Gasteiger partial charge on any atom is 0.407 e. The van der Waals surface area contributed by atoms with E-state index < -0.39 is 24.3 Å². The van der Waals surface area contributed by atoms with Crippen LogP contribution in [0.5, 0.6) is 0 Å². The second-order valence-corrected chi connectivity index (χ2v) is 6.26. The Labute approximate surface area is 161 Å². The summed E-state index contributed by atoms with van der Waals surface area (Å²) in [5.74, 6) is -1.24. The molecule has 4 N–H and O–H groups in total. The molecule has 8 heteroatoms. The van der Waals surface area contributed by atoms with Crippen molar-refractivity contribution in [3.05, 3.63) is 70.2 Å². The Hall–Kier alpha value is -2.61. The van der Waals surface area contributed by atoms with Crippen LogP contribution in [-0.4, -0.2) is 40.0 Å². The second-order valence-electron chi connectivity index (χ2n) is 5.83. The van der Waals surface area contributed by atoms with Gasteiger partial charge in [-0.3, -0.25) is 0 Å². The van der Waals surface area contributed by atoms with Gasteiger partial charge in [0.25, 0.3) is 0 Å². The van der Waals surface area contributed by atoms with E-state index in [0.717, 1.165) is 5.56 Å². The molecule has 0 aliphatic rings. The normalized spacial score (nSPS) is 12.9. The maximum absolute atomic E-state index is 11.7. The zero-order valence-electron chi connectivity index (χ0n) is 14.3. The van der Waals surface area contributed by atoms with E-state index in [1.807, 2.05) is 30.3 Å². The topological polar surface area (TPSA) is 116 Å². The molecule has 0 aliphatic heterocycles. The van der Waals surface area contributed by atoms with Crippen LogP contribution in [-0.2, 0) is 11.3 Å². The first-order chi connectivity index (χ1) is 12.9. The van der Waals surface area contributed by atoms with Crippen LogP contribution in [0.25, 0.3) is 0 Å². The largest absolute Gasteiger partial charge is 0.478 e. The SMILES string of the molecule is O=C(NCCC(O)C(O)c1cc(Cl)ccc1C(=O)O)OCc1ccccc1. The Morgan fingerprint density at radius 1 is 1.11 bits per heavy atom. The van der Waals surface area contributed by atoms with Crippen LogP contribution in [0.3, 0.4) is 0 Å². The highest BCUT2D eigenvalue weighted by molar-refractivity contribution is 6.30. The van der Waals surface area contributed by atoms with Gasteiger partial charge in [-0.2, -0.15) is 0 Å². The number of hydrogen-bond acceptors (Lipinski definition) is 5. The van der Waals surface area contributed by atoms with Crippen molar-refractivity contribution in [1.82, 2.24) is 5.32 Å². The number of ether oxygens (including phenoxy) is 1. The van der Waals surface area contributed by atoms with Gasteiger partial charge in [0.15, 0.2) is 0 Å². The van der Waals surface area contributed by atoms with Crippen LogP contribution in [0.15, 0.2) is 48.5 Å². The number of carboxylic acid groups (broad SMARTS) is 1. The molecule has 2 rings (SSSR count). The van der Waals surface area contributed by atoms with E-state index >= 15 is 0 Å². The molecule has 1 amide bonds. The number of carboxylic acids is 1. The van der Waals surface area contributed by atoms with Crippen LogP contribution >= 0.6 is 11.6 Å². The Morgan fingerprint density at radius 3 is 2.48 bits per heavy atom. The molecule has 0 fully saturated rings. The van der Waals surface area contributed by atoms with Gasteiger partial charge < -0.3 is 25.4 Å². The zero-order chi connectivity index (χ0) is 19.8. The van der Waals surface area contributed by atoms with Crippen molar-refractivity contribution in [2.24, 2.45) is 0 Å². The third-order valence-electron chi connectivity index (χ3n) is 3.85. The number of aromatic carboxylic acids is 1. The van der Waals surface area contributed by atoms with E-state index in [0.29, 0.717) is 0 Å². The molecule has 0 aromatic heterocycles. The number of halogens is 1. The van der Waals surface area contributed by atoms with Crippen LogP contribution in [0, 0.1) is 0 Å². The minimum atomic E-state index is -1.46. The third-order valence-corrected chi connectivity index (χ3v) is 4.08. The molecule has 2 aromatic rings. The highest BCUT2D eigenvalue weighted by Gasteiger charge is 2.24. The van der Waals surface area contributed by atoms with Gasteiger partial charge in [-0.15, -0.1) is 0 Å². The summed E-state index contributed by atoms with van der Waals surface area (Å²) in [5, 5.41) is 32.2. The Morgan fingerprint density at radius 2 is 1.81 bits per heavy atom. The average Bonchev–Trinajstić information content (AvgIpc) is 2.66. The van der Waals surface area contributed by atoms with E-state index in [-0.39, 0.29) is 35.7 Å². The van der Waals surface area contributed by atoms with Gasteiger partial charge in [-0.1, -0.05) is 41.9 Å². The Kier molecular flexibility index (Phi) is 7.60. The molecular formula is C19H20ClNO6. The fourth-order valence-electron chi connectivity index (χ4n) is 2.43. The van der Waals surface area contributed by atoms with Crippen LogP contribution < -0.4 is 5.32 Å². The lowest BCUT2D eigenvalue weighted by atomic mass is 9.97. The molecule has 2 atom stereocenters. The van der Waals surface area contributed by atoms with Gasteiger partial charge in [0, 0.05) is 11.6 Å². The quantitative estimate of drug-likeness (QED) is 0.548. The van der Waals surface area contributed by atoms with Crippen LogP contribution in [0.4, 0.5) is 4.79 Å². The number of benzene rings is 2. The van der Waals surface area contributed by atoms with Gasteiger partial charge >= 0.3 is 12.1 Å². The zero-order valence-corrected chi connectivity index (χ0v) is 15.1. The summed E-state index contributed by atoms with van der Waals surface area (Å²) in [4.78, 5) is 22.9. The molecule has 0 bridgehead atoms. The summed E-state index contributed by atoms with van der Waals surface area (Å²) in [7, 11) is 0. The molecule has 0 heterocycles. The number of amides is 1. The van der Waals surface area contributed by atoms with E-state index in [4.69, 9.17) is 16.3 Å². The van der Waals surface area contributed by atoms with Crippen molar-refractivity contribution in [1.29, 1.82) is 0 Å². The molecule has 0 saturated carbocycles. The van der Waals surface area contributed by atoms with Gasteiger partial charge in [-0.25, -0.2) is 9.59 Å². The first-order valence-electron chi connectivity index (χ1n) is 8.22. The molecule has 2 aromatic carbocycles. The first-order valence-corrected chi connectivity index (χ1v) is 8.59.